The fourth-order valence-corrected chi connectivity index (χ4v) is 2.13. The number of ether oxygens (including phenoxy) is 1. The second kappa shape index (κ2) is 4.82. The Labute approximate surface area is 106 Å². The van der Waals surface area contributed by atoms with Crippen LogP contribution in [0, 0.1) is 0 Å². The van der Waals surface area contributed by atoms with Crippen LogP contribution in [0.2, 0.25) is 0 Å². The van der Waals surface area contributed by atoms with Crippen molar-refractivity contribution in [1.29, 1.82) is 0 Å². The van der Waals surface area contributed by atoms with Gasteiger partial charge in [-0.05, 0) is 36.9 Å². The molecule has 1 heterocycles. The molecule has 0 saturated carbocycles. The van der Waals surface area contributed by atoms with E-state index in [-0.39, 0.29) is 11.6 Å². The molecule has 1 atom stereocenters. The normalized spacial score (nSPS) is 12.7. The molecular weight excluding hydrogens is 228 g/mol. The van der Waals surface area contributed by atoms with Crippen molar-refractivity contribution in [3.05, 3.63) is 40.2 Å². The van der Waals surface area contributed by atoms with E-state index in [1.807, 2.05) is 31.2 Å². The molecule has 2 N–H and O–H groups in total. The number of hydrogen-bond acceptors (Lipinski definition) is 3. The Morgan fingerprint density at radius 2 is 2.11 bits per heavy atom. The highest BCUT2D eigenvalue weighted by Gasteiger charge is 2.09. The second-order valence-corrected chi connectivity index (χ2v) is 4.64. The molecule has 0 radical (unpaired) electrons. The van der Waals surface area contributed by atoms with Crippen LogP contribution in [0.25, 0.3) is 10.9 Å². The minimum absolute atomic E-state index is 0.00746. The third kappa shape index (κ3) is 2.24. The Morgan fingerprint density at radius 3 is 2.72 bits per heavy atom. The molecule has 0 aliphatic carbocycles. The molecule has 4 nitrogen and oxygen atoms in total. The molecule has 1 unspecified atom stereocenters. The predicted octanol–water partition coefficient (Wildman–Crippen LogP) is 1.44. The lowest BCUT2D eigenvalue weighted by Crippen LogP contribution is -2.27. The highest BCUT2D eigenvalue weighted by atomic mass is 16.5. The summed E-state index contributed by atoms with van der Waals surface area (Å²) in [5.74, 6) is 0.748. The minimum Gasteiger partial charge on any atom is -0.497 e. The number of pyridine rings is 1. The zero-order valence-electron chi connectivity index (χ0n) is 10.9. The Bertz CT molecular complexity index is 629. The summed E-state index contributed by atoms with van der Waals surface area (Å²) in [5, 5.41) is 1.02. The fourth-order valence-electron chi connectivity index (χ4n) is 2.13. The zero-order chi connectivity index (χ0) is 13.3. The number of methoxy groups -OCH3 is 1. The summed E-state index contributed by atoms with van der Waals surface area (Å²) in [5.41, 5.74) is 7.40. The molecule has 0 aliphatic rings. The SMILES string of the molecule is COc1ccc2cc(CC(C)N)c(=O)n(C)c2c1. The number of aryl methyl sites for hydroxylation is 1. The number of benzene rings is 1. The predicted molar refractivity (Wildman–Crippen MR) is 73.1 cm³/mol. The van der Waals surface area contributed by atoms with E-state index < -0.39 is 0 Å². The zero-order valence-corrected chi connectivity index (χ0v) is 10.9. The molecule has 2 aromatic rings. The molecule has 0 saturated heterocycles. The van der Waals surface area contributed by atoms with Gasteiger partial charge in [-0.15, -0.1) is 0 Å². The summed E-state index contributed by atoms with van der Waals surface area (Å²) in [6.07, 6.45) is 0.592. The van der Waals surface area contributed by atoms with Crippen LogP contribution in [0.5, 0.6) is 5.75 Å². The van der Waals surface area contributed by atoms with Crippen LogP contribution >= 0.6 is 0 Å². The van der Waals surface area contributed by atoms with E-state index >= 15 is 0 Å². The molecule has 1 aromatic carbocycles. The molecule has 0 bridgehead atoms. The van der Waals surface area contributed by atoms with Gasteiger partial charge in [0.1, 0.15) is 5.75 Å². The Kier molecular flexibility index (Phi) is 3.39. The highest BCUT2D eigenvalue weighted by molar-refractivity contribution is 5.81. The van der Waals surface area contributed by atoms with E-state index in [0.29, 0.717) is 6.42 Å². The first-order chi connectivity index (χ1) is 8.52. The average molecular weight is 246 g/mol. The van der Waals surface area contributed by atoms with Gasteiger partial charge in [0.2, 0.25) is 0 Å². The number of hydrogen-bond donors (Lipinski definition) is 1. The van der Waals surface area contributed by atoms with Crippen molar-refractivity contribution >= 4 is 10.9 Å². The third-order valence-corrected chi connectivity index (χ3v) is 3.05. The van der Waals surface area contributed by atoms with Crippen LogP contribution in [0.15, 0.2) is 29.1 Å². The Balaban J connectivity index is 2.67. The maximum atomic E-state index is 12.2. The Morgan fingerprint density at radius 1 is 1.39 bits per heavy atom. The number of nitrogens with zero attached hydrogens (tertiary/aromatic N) is 1. The molecule has 0 spiro atoms. The highest BCUT2D eigenvalue weighted by Crippen LogP contribution is 2.20. The first-order valence-corrected chi connectivity index (χ1v) is 5.95. The standard InChI is InChI=1S/C14H18N2O2/c1-9(15)6-11-7-10-4-5-12(18-3)8-13(10)16(2)14(11)17/h4-5,7-9H,6,15H2,1-3H3. The van der Waals surface area contributed by atoms with Crippen LogP contribution in [0.4, 0.5) is 0 Å². The Hall–Kier alpha value is -1.81. The van der Waals surface area contributed by atoms with E-state index in [4.69, 9.17) is 10.5 Å². The van der Waals surface area contributed by atoms with Crippen LogP contribution in [0.3, 0.4) is 0 Å². The minimum atomic E-state index is -0.0200. The lowest BCUT2D eigenvalue weighted by atomic mass is 10.1. The number of aromatic nitrogens is 1. The number of rotatable bonds is 3. The maximum absolute atomic E-state index is 12.2. The summed E-state index contributed by atoms with van der Waals surface area (Å²) in [7, 11) is 3.39. The van der Waals surface area contributed by atoms with Gasteiger partial charge in [-0.1, -0.05) is 0 Å². The summed E-state index contributed by atoms with van der Waals surface area (Å²) >= 11 is 0. The molecule has 0 fully saturated rings. The van der Waals surface area contributed by atoms with Crippen LogP contribution in [-0.4, -0.2) is 17.7 Å². The quantitative estimate of drug-likeness (QED) is 0.891. The second-order valence-electron chi connectivity index (χ2n) is 4.64. The topological polar surface area (TPSA) is 57.2 Å². The maximum Gasteiger partial charge on any atom is 0.254 e. The van der Waals surface area contributed by atoms with Gasteiger partial charge in [0.05, 0.1) is 12.6 Å². The summed E-state index contributed by atoms with van der Waals surface area (Å²) in [6.45, 7) is 1.90. The van der Waals surface area contributed by atoms with Gasteiger partial charge in [0, 0.05) is 24.7 Å². The summed E-state index contributed by atoms with van der Waals surface area (Å²) in [4.78, 5) is 12.2. The van der Waals surface area contributed by atoms with Crippen molar-refractivity contribution in [2.75, 3.05) is 7.11 Å². The van der Waals surface area contributed by atoms with E-state index in [1.165, 1.54) is 0 Å². The average Bonchev–Trinajstić information content (AvgIpc) is 2.35. The summed E-state index contributed by atoms with van der Waals surface area (Å²) < 4.78 is 6.82. The van der Waals surface area contributed by atoms with E-state index in [9.17, 15) is 4.79 Å². The molecule has 0 amide bonds. The third-order valence-electron chi connectivity index (χ3n) is 3.05. The molecule has 1 aromatic heterocycles. The molecular formula is C14H18N2O2. The van der Waals surface area contributed by atoms with Gasteiger partial charge >= 0.3 is 0 Å². The van der Waals surface area contributed by atoms with E-state index in [0.717, 1.165) is 22.2 Å². The monoisotopic (exact) mass is 246 g/mol. The van der Waals surface area contributed by atoms with E-state index in [1.54, 1.807) is 18.7 Å². The summed E-state index contributed by atoms with van der Waals surface area (Å²) in [6, 6.07) is 7.61. The first-order valence-electron chi connectivity index (χ1n) is 5.95. The number of fused-ring (bicyclic) bond motifs is 1. The van der Waals surface area contributed by atoms with Crippen molar-refractivity contribution in [1.82, 2.24) is 4.57 Å². The molecule has 4 heteroatoms. The molecule has 2 rings (SSSR count). The van der Waals surface area contributed by atoms with E-state index in [2.05, 4.69) is 0 Å². The van der Waals surface area contributed by atoms with Gasteiger partial charge in [0.25, 0.3) is 5.56 Å². The van der Waals surface area contributed by atoms with Crippen molar-refractivity contribution < 1.29 is 4.74 Å². The van der Waals surface area contributed by atoms with Gasteiger partial charge < -0.3 is 15.0 Å². The molecule has 96 valence electrons. The fraction of sp³-hybridized carbons (Fsp3) is 0.357. The lowest BCUT2D eigenvalue weighted by Gasteiger charge is -2.11. The van der Waals surface area contributed by atoms with Gasteiger partial charge in [0.15, 0.2) is 0 Å². The molecule has 0 aliphatic heterocycles. The largest absolute Gasteiger partial charge is 0.497 e. The van der Waals surface area contributed by atoms with Gasteiger partial charge in [-0.2, -0.15) is 0 Å². The van der Waals surface area contributed by atoms with Crippen LogP contribution in [-0.2, 0) is 13.5 Å². The van der Waals surface area contributed by atoms with Crippen molar-refractivity contribution in [3.63, 3.8) is 0 Å². The molecule has 18 heavy (non-hydrogen) atoms. The van der Waals surface area contributed by atoms with Crippen molar-refractivity contribution in [2.24, 2.45) is 12.8 Å². The smallest absolute Gasteiger partial charge is 0.254 e. The van der Waals surface area contributed by atoms with Crippen molar-refractivity contribution in [2.45, 2.75) is 19.4 Å². The lowest BCUT2D eigenvalue weighted by molar-refractivity contribution is 0.415. The van der Waals surface area contributed by atoms with Crippen molar-refractivity contribution in [3.8, 4) is 5.75 Å². The van der Waals surface area contributed by atoms with Gasteiger partial charge in [-0.3, -0.25) is 4.79 Å². The van der Waals surface area contributed by atoms with Gasteiger partial charge in [-0.25, -0.2) is 0 Å². The van der Waals surface area contributed by atoms with Crippen LogP contribution < -0.4 is 16.0 Å². The number of nitrogens with two attached hydrogens (primary N) is 1. The van der Waals surface area contributed by atoms with Crippen LogP contribution in [0.1, 0.15) is 12.5 Å². The first kappa shape index (κ1) is 12.6.